The molecular formula is C4H12N4. The molecule has 0 heterocycles. The van der Waals surface area contributed by atoms with Crippen LogP contribution in [0.5, 0.6) is 0 Å². The van der Waals surface area contributed by atoms with Crippen LogP contribution in [-0.2, 0) is 0 Å². The molecule has 0 atom stereocenters. The molecule has 0 aliphatic heterocycles. The second-order valence-electron chi connectivity index (χ2n) is 1.63. The summed E-state index contributed by atoms with van der Waals surface area (Å²) in [4.78, 5) is 0. The molecular weight excluding hydrogens is 104 g/mol. The van der Waals surface area contributed by atoms with E-state index >= 15 is 0 Å². The molecule has 0 N–H and O–H groups in total. The van der Waals surface area contributed by atoms with Crippen LogP contribution in [0.25, 0.3) is 0 Å². The van der Waals surface area contributed by atoms with Gasteiger partial charge in [0.25, 0.3) is 0 Å². The van der Waals surface area contributed by atoms with Gasteiger partial charge in [0.15, 0.2) is 0 Å². The maximum Gasteiger partial charge on any atom is 0.0509 e. The maximum absolute atomic E-state index is 3.71. The summed E-state index contributed by atoms with van der Waals surface area (Å²) in [6.07, 6.45) is 0. The van der Waals surface area contributed by atoms with Gasteiger partial charge in [-0.2, -0.15) is 5.11 Å². The lowest BCUT2D eigenvalue weighted by atomic mass is 11.1. The number of hydrogen-bond acceptors (Lipinski definition) is 3. The highest BCUT2D eigenvalue weighted by molar-refractivity contribution is 4.23. The first-order valence-electron chi connectivity index (χ1n) is 2.39. The molecule has 4 nitrogen and oxygen atoms in total. The molecule has 48 valence electrons. The number of hydrogen-bond donors (Lipinski definition) is 0. The normalized spacial score (nSPS) is 11.1. The second-order valence-corrected chi connectivity index (χ2v) is 1.63. The smallest absolute Gasteiger partial charge is 0.0509 e. The molecule has 0 rings (SSSR count). The minimum Gasteiger partial charge on any atom is -0.212 e. The van der Waals surface area contributed by atoms with Crippen LogP contribution in [0.1, 0.15) is 0 Å². The zero-order chi connectivity index (χ0) is 6.57. The first kappa shape index (κ1) is 7.36. The summed E-state index contributed by atoms with van der Waals surface area (Å²) < 4.78 is 0. The van der Waals surface area contributed by atoms with E-state index in [9.17, 15) is 0 Å². The fourth-order valence-electron chi connectivity index (χ4n) is 0.209. The molecule has 0 saturated carbocycles. The minimum atomic E-state index is 1.64. The van der Waals surface area contributed by atoms with Gasteiger partial charge in [0.2, 0.25) is 0 Å². The fraction of sp³-hybridized carbons (Fsp3) is 1.00. The highest BCUT2D eigenvalue weighted by Crippen LogP contribution is 1.84. The Morgan fingerprint density at radius 1 is 1.12 bits per heavy atom. The first-order valence-corrected chi connectivity index (χ1v) is 2.39. The van der Waals surface area contributed by atoms with Crippen molar-refractivity contribution in [3.8, 4) is 0 Å². The highest BCUT2D eigenvalue weighted by Gasteiger charge is 1.90. The third-order valence-corrected chi connectivity index (χ3v) is 0.798. The molecule has 8 heavy (non-hydrogen) atoms. The van der Waals surface area contributed by atoms with E-state index in [1.54, 1.807) is 12.2 Å². The summed E-state index contributed by atoms with van der Waals surface area (Å²) >= 11 is 0. The predicted octanol–water partition coefficient (Wildman–Crippen LogP) is 0.392. The van der Waals surface area contributed by atoms with Crippen LogP contribution in [0.15, 0.2) is 10.3 Å². The number of rotatable bonds is 2. The van der Waals surface area contributed by atoms with Gasteiger partial charge in [0, 0.05) is 21.1 Å². The molecule has 0 bridgehead atoms. The van der Waals surface area contributed by atoms with Crippen LogP contribution in [0.2, 0.25) is 0 Å². The Hall–Kier alpha value is -0.640. The predicted molar refractivity (Wildman–Crippen MR) is 32.2 cm³/mol. The highest BCUT2D eigenvalue weighted by atomic mass is 15.8. The number of nitrogens with zero attached hydrogens (tertiary/aromatic N) is 4. The second kappa shape index (κ2) is 3.37. The van der Waals surface area contributed by atoms with Crippen LogP contribution in [0.3, 0.4) is 0 Å². The van der Waals surface area contributed by atoms with Crippen molar-refractivity contribution in [1.82, 2.24) is 10.1 Å². The third kappa shape index (κ3) is 2.52. The summed E-state index contributed by atoms with van der Waals surface area (Å²) in [7, 11) is 7.26. The first-order chi connectivity index (χ1) is 3.68. The van der Waals surface area contributed by atoms with E-state index in [2.05, 4.69) is 10.3 Å². The van der Waals surface area contributed by atoms with Crippen molar-refractivity contribution in [1.29, 1.82) is 0 Å². The fourth-order valence-corrected chi connectivity index (χ4v) is 0.209. The molecule has 0 saturated heterocycles. The zero-order valence-electron chi connectivity index (χ0n) is 5.79. The van der Waals surface area contributed by atoms with Crippen molar-refractivity contribution in [3.63, 3.8) is 0 Å². The monoisotopic (exact) mass is 116 g/mol. The number of hydrazine groups is 1. The summed E-state index contributed by atoms with van der Waals surface area (Å²) in [5.41, 5.74) is 0. The van der Waals surface area contributed by atoms with Gasteiger partial charge in [-0.1, -0.05) is 5.22 Å². The molecule has 0 aromatic heterocycles. The largest absolute Gasteiger partial charge is 0.212 e. The summed E-state index contributed by atoms with van der Waals surface area (Å²) in [5, 5.41) is 10.7. The standard InChI is InChI=1S/C4H12N4/c1-5-6-8(4)7(2)3/h1-4H3/b6-5+. The van der Waals surface area contributed by atoms with Crippen molar-refractivity contribution < 1.29 is 0 Å². The van der Waals surface area contributed by atoms with E-state index in [0.29, 0.717) is 0 Å². The Balaban J connectivity index is 3.47. The van der Waals surface area contributed by atoms with Gasteiger partial charge >= 0.3 is 0 Å². The molecule has 0 unspecified atom stereocenters. The summed E-state index contributed by atoms with van der Waals surface area (Å²) in [6, 6.07) is 0. The van der Waals surface area contributed by atoms with Crippen LogP contribution in [0, 0.1) is 0 Å². The van der Waals surface area contributed by atoms with Crippen LogP contribution < -0.4 is 0 Å². The average molecular weight is 116 g/mol. The molecule has 0 aliphatic rings. The topological polar surface area (TPSA) is 31.2 Å². The molecule has 0 aromatic rings. The maximum atomic E-state index is 3.71. The lowest BCUT2D eigenvalue weighted by molar-refractivity contribution is 0.0495. The van der Waals surface area contributed by atoms with Crippen molar-refractivity contribution in [2.24, 2.45) is 10.3 Å². The van der Waals surface area contributed by atoms with Gasteiger partial charge < -0.3 is 0 Å². The van der Waals surface area contributed by atoms with Gasteiger partial charge in [0.05, 0.1) is 7.05 Å². The Kier molecular flexibility index (Phi) is 3.10. The Bertz CT molecular complexity index is 78.1. The molecule has 0 aliphatic carbocycles. The summed E-state index contributed by atoms with van der Waals surface area (Å²) in [5.74, 6) is 0. The molecule has 0 radical (unpaired) electrons. The minimum absolute atomic E-state index is 1.64. The van der Waals surface area contributed by atoms with Crippen molar-refractivity contribution >= 4 is 0 Å². The van der Waals surface area contributed by atoms with Gasteiger partial charge in [-0.25, -0.2) is 10.1 Å². The van der Waals surface area contributed by atoms with Gasteiger partial charge in [-0.15, -0.1) is 0 Å². The zero-order valence-corrected chi connectivity index (χ0v) is 5.79. The Labute approximate surface area is 49.7 Å². The Morgan fingerprint density at radius 2 is 1.62 bits per heavy atom. The van der Waals surface area contributed by atoms with E-state index in [4.69, 9.17) is 0 Å². The van der Waals surface area contributed by atoms with Crippen LogP contribution in [0.4, 0.5) is 0 Å². The lowest BCUT2D eigenvalue weighted by Gasteiger charge is -2.17. The van der Waals surface area contributed by atoms with Crippen molar-refractivity contribution in [2.75, 3.05) is 28.2 Å². The van der Waals surface area contributed by atoms with Crippen molar-refractivity contribution in [3.05, 3.63) is 0 Å². The molecule has 0 spiro atoms. The van der Waals surface area contributed by atoms with Gasteiger partial charge in [-0.3, -0.25) is 0 Å². The molecule has 4 heteroatoms. The van der Waals surface area contributed by atoms with Gasteiger partial charge in [0.1, 0.15) is 0 Å². The van der Waals surface area contributed by atoms with Gasteiger partial charge in [-0.05, 0) is 0 Å². The van der Waals surface area contributed by atoms with E-state index in [1.807, 2.05) is 26.2 Å². The van der Waals surface area contributed by atoms with E-state index < -0.39 is 0 Å². The SMILES string of the molecule is C/N=N/N(C)N(C)C. The van der Waals surface area contributed by atoms with Crippen LogP contribution >= 0.6 is 0 Å². The Morgan fingerprint density at radius 3 is 1.75 bits per heavy atom. The molecule has 0 aromatic carbocycles. The average Bonchev–Trinajstić information content (AvgIpc) is 1.67. The van der Waals surface area contributed by atoms with E-state index in [0.717, 1.165) is 0 Å². The summed E-state index contributed by atoms with van der Waals surface area (Å²) in [6.45, 7) is 0. The van der Waals surface area contributed by atoms with Crippen molar-refractivity contribution in [2.45, 2.75) is 0 Å². The van der Waals surface area contributed by atoms with E-state index in [1.165, 1.54) is 0 Å². The lowest BCUT2D eigenvalue weighted by Crippen LogP contribution is -2.27. The molecule has 0 fully saturated rings. The van der Waals surface area contributed by atoms with E-state index in [-0.39, 0.29) is 0 Å². The van der Waals surface area contributed by atoms with Crippen LogP contribution in [-0.4, -0.2) is 38.3 Å². The molecule has 0 amide bonds. The third-order valence-electron chi connectivity index (χ3n) is 0.798. The quantitative estimate of drug-likeness (QED) is 0.386.